The van der Waals surface area contributed by atoms with Crippen molar-refractivity contribution in [1.29, 1.82) is 0 Å². The lowest BCUT2D eigenvalue weighted by Gasteiger charge is -2.38. The highest BCUT2D eigenvalue weighted by molar-refractivity contribution is 5.82. The molecule has 1 saturated carbocycles. The van der Waals surface area contributed by atoms with Crippen molar-refractivity contribution in [2.24, 2.45) is 11.8 Å². The van der Waals surface area contributed by atoms with E-state index in [1.165, 1.54) is 7.11 Å². The smallest absolute Gasteiger partial charge is 0.341 e. The normalized spacial score (nSPS) is 38.6. The van der Waals surface area contributed by atoms with Gasteiger partial charge in [-0.15, -0.1) is 0 Å². The van der Waals surface area contributed by atoms with E-state index in [4.69, 9.17) is 14.2 Å². The molecule has 0 aromatic heterocycles. The van der Waals surface area contributed by atoms with Gasteiger partial charge in [0.25, 0.3) is 0 Å². The Morgan fingerprint density at radius 2 is 2.12 bits per heavy atom. The van der Waals surface area contributed by atoms with E-state index in [0.29, 0.717) is 13.2 Å². The van der Waals surface area contributed by atoms with Crippen molar-refractivity contribution in [3.63, 3.8) is 0 Å². The zero-order chi connectivity index (χ0) is 12.5. The molecular weight excluding hydrogens is 220 g/mol. The lowest BCUT2D eigenvalue weighted by molar-refractivity contribution is -0.195. The molecule has 17 heavy (non-hydrogen) atoms. The maximum atomic E-state index is 12.1. The summed E-state index contributed by atoms with van der Waals surface area (Å²) in [6.45, 7) is 4.89. The van der Waals surface area contributed by atoms with Gasteiger partial charge in [-0.05, 0) is 20.3 Å². The molecule has 96 valence electrons. The van der Waals surface area contributed by atoms with E-state index in [2.05, 4.69) is 12.2 Å². The molecule has 2 rings (SSSR count). The molecule has 0 amide bonds. The summed E-state index contributed by atoms with van der Waals surface area (Å²) in [5.74, 6) is 0.0386. The van der Waals surface area contributed by atoms with Gasteiger partial charge in [-0.1, -0.05) is 12.2 Å². The van der Waals surface area contributed by atoms with E-state index in [0.717, 1.165) is 6.42 Å². The van der Waals surface area contributed by atoms with Crippen molar-refractivity contribution in [2.45, 2.75) is 32.0 Å². The molecule has 4 atom stereocenters. The summed E-state index contributed by atoms with van der Waals surface area (Å²) >= 11 is 0. The molecule has 0 N–H and O–H groups in total. The second-order valence-corrected chi connectivity index (χ2v) is 4.48. The van der Waals surface area contributed by atoms with Crippen LogP contribution in [0.15, 0.2) is 12.2 Å². The van der Waals surface area contributed by atoms with Crippen LogP contribution in [0.5, 0.6) is 0 Å². The first kappa shape index (κ1) is 12.6. The highest BCUT2D eigenvalue weighted by atomic mass is 16.6. The number of fused-ring (bicyclic) bond motifs is 2. The van der Waals surface area contributed by atoms with Crippen LogP contribution in [0.2, 0.25) is 0 Å². The maximum Gasteiger partial charge on any atom is 0.341 e. The fourth-order valence-corrected chi connectivity index (χ4v) is 3.14. The van der Waals surface area contributed by atoms with Gasteiger partial charge in [-0.25, -0.2) is 4.79 Å². The fourth-order valence-electron chi connectivity index (χ4n) is 3.14. The van der Waals surface area contributed by atoms with Crippen LogP contribution in [0.1, 0.15) is 20.3 Å². The highest BCUT2D eigenvalue weighted by Crippen LogP contribution is 2.50. The molecule has 4 nitrogen and oxygen atoms in total. The Hall–Kier alpha value is -0.870. The number of carbonyl (C=O) groups is 1. The van der Waals surface area contributed by atoms with E-state index < -0.39 is 5.60 Å². The molecule has 4 unspecified atom stereocenters. The Labute approximate surface area is 102 Å². The number of carbonyl (C=O) groups excluding carboxylic acids is 1. The molecule has 0 saturated heterocycles. The zero-order valence-electron chi connectivity index (χ0n) is 10.6. The molecule has 0 aromatic carbocycles. The first-order valence-corrected chi connectivity index (χ1v) is 6.23. The van der Waals surface area contributed by atoms with Crippen LogP contribution in [0.3, 0.4) is 0 Å². The van der Waals surface area contributed by atoms with Crippen LogP contribution in [0.4, 0.5) is 0 Å². The first-order chi connectivity index (χ1) is 8.20. The van der Waals surface area contributed by atoms with Gasteiger partial charge in [0, 0.05) is 25.0 Å². The van der Waals surface area contributed by atoms with E-state index >= 15 is 0 Å². The molecule has 0 aromatic rings. The Balaban J connectivity index is 2.34. The third-order valence-corrected chi connectivity index (χ3v) is 3.71. The highest BCUT2D eigenvalue weighted by Gasteiger charge is 2.63. The quantitative estimate of drug-likeness (QED) is 0.540. The summed E-state index contributed by atoms with van der Waals surface area (Å²) in [5.41, 5.74) is -0.932. The van der Waals surface area contributed by atoms with Crippen LogP contribution < -0.4 is 0 Å². The summed E-state index contributed by atoms with van der Waals surface area (Å²) < 4.78 is 16.5. The van der Waals surface area contributed by atoms with Gasteiger partial charge in [0.15, 0.2) is 5.60 Å². The molecule has 0 radical (unpaired) electrons. The van der Waals surface area contributed by atoms with Crippen LogP contribution in [-0.2, 0) is 19.0 Å². The predicted molar refractivity (Wildman–Crippen MR) is 62.5 cm³/mol. The summed E-state index contributed by atoms with van der Waals surface area (Å²) in [6, 6.07) is 0. The zero-order valence-corrected chi connectivity index (χ0v) is 10.6. The third kappa shape index (κ3) is 1.70. The van der Waals surface area contributed by atoms with Crippen molar-refractivity contribution < 1.29 is 19.0 Å². The number of rotatable bonds is 5. The van der Waals surface area contributed by atoms with Gasteiger partial charge in [-0.2, -0.15) is 0 Å². The minimum atomic E-state index is -0.932. The largest absolute Gasteiger partial charge is 0.467 e. The predicted octanol–water partition coefficient (Wildman–Crippen LogP) is 1.55. The summed E-state index contributed by atoms with van der Waals surface area (Å²) in [7, 11) is 1.40. The van der Waals surface area contributed by atoms with Gasteiger partial charge in [0.1, 0.15) is 6.10 Å². The van der Waals surface area contributed by atoms with Crippen molar-refractivity contribution in [3.8, 4) is 0 Å². The Bertz CT molecular complexity index is 325. The van der Waals surface area contributed by atoms with Gasteiger partial charge in [-0.3, -0.25) is 0 Å². The first-order valence-electron chi connectivity index (χ1n) is 6.23. The second kappa shape index (κ2) is 4.78. The Kier molecular flexibility index (Phi) is 3.54. The third-order valence-electron chi connectivity index (χ3n) is 3.71. The fraction of sp³-hybridized carbons (Fsp3) is 0.769. The molecule has 0 spiro atoms. The number of hydrogen-bond acceptors (Lipinski definition) is 4. The SMILES string of the molecule is CCOC1C2C=CC(C2)C1(OCC)C(=O)OC. The summed E-state index contributed by atoms with van der Waals surface area (Å²) in [5, 5.41) is 0. The van der Waals surface area contributed by atoms with E-state index in [1.807, 2.05) is 13.8 Å². The van der Waals surface area contributed by atoms with Gasteiger partial charge in [0.2, 0.25) is 0 Å². The average Bonchev–Trinajstić information content (AvgIpc) is 2.91. The lowest BCUT2D eigenvalue weighted by Crippen LogP contribution is -2.56. The monoisotopic (exact) mass is 240 g/mol. The number of esters is 1. The standard InChI is InChI=1S/C13H20O4/c1-4-16-11-9-6-7-10(8-9)13(11,17-5-2)12(14)15-3/h6-7,9-11H,4-5,8H2,1-3H3. The van der Waals surface area contributed by atoms with E-state index in [1.54, 1.807) is 0 Å². The van der Waals surface area contributed by atoms with E-state index in [-0.39, 0.29) is 23.9 Å². The molecule has 2 aliphatic carbocycles. The maximum absolute atomic E-state index is 12.1. The molecule has 4 heteroatoms. The Morgan fingerprint density at radius 1 is 1.35 bits per heavy atom. The number of methoxy groups -OCH3 is 1. The summed E-state index contributed by atoms with van der Waals surface area (Å²) in [6.07, 6.45) is 4.90. The molecule has 2 aliphatic rings. The number of ether oxygens (including phenoxy) is 3. The van der Waals surface area contributed by atoms with Crippen LogP contribution in [0, 0.1) is 11.8 Å². The topological polar surface area (TPSA) is 44.8 Å². The molecule has 1 fully saturated rings. The van der Waals surface area contributed by atoms with Gasteiger partial charge in [0.05, 0.1) is 7.11 Å². The summed E-state index contributed by atoms with van der Waals surface area (Å²) in [4.78, 5) is 12.1. The van der Waals surface area contributed by atoms with Crippen molar-refractivity contribution in [1.82, 2.24) is 0 Å². The van der Waals surface area contributed by atoms with E-state index in [9.17, 15) is 4.79 Å². The molecule has 0 aliphatic heterocycles. The Morgan fingerprint density at radius 3 is 2.71 bits per heavy atom. The minimum Gasteiger partial charge on any atom is -0.467 e. The number of hydrogen-bond donors (Lipinski definition) is 0. The molecule has 0 heterocycles. The van der Waals surface area contributed by atoms with Crippen molar-refractivity contribution >= 4 is 5.97 Å². The lowest BCUT2D eigenvalue weighted by atomic mass is 9.85. The molecule has 2 bridgehead atoms. The van der Waals surface area contributed by atoms with Crippen LogP contribution >= 0.6 is 0 Å². The van der Waals surface area contributed by atoms with Crippen LogP contribution in [0.25, 0.3) is 0 Å². The van der Waals surface area contributed by atoms with Crippen molar-refractivity contribution in [2.75, 3.05) is 20.3 Å². The van der Waals surface area contributed by atoms with Gasteiger partial charge >= 0.3 is 5.97 Å². The van der Waals surface area contributed by atoms with Crippen molar-refractivity contribution in [3.05, 3.63) is 12.2 Å². The van der Waals surface area contributed by atoms with Gasteiger partial charge < -0.3 is 14.2 Å². The van der Waals surface area contributed by atoms with Crippen LogP contribution in [-0.4, -0.2) is 38.0 Å². The second-order valence-electron chi connectivity index (χ2n) is 4.48. The average molecular weight is 240 g/mol. The molecular formula is C13H20O4. The minimum absolute atomic E-state index is 0.0800.